The van der Waals surface area contributed by atoms with Gasteiger partial charge < -0.3 is 9.88 Å². The van der Waals surface area contributed by atoms with Gasteiger partial charge in [0.05, 0.1) is 5.54 Å². The van der Waals surface area contributed by atoms with Gasteiger partial charge in [0.15, 0.2) is 0 Å². The van der Waals surface area contributed by atoms with Gasteiger partial charge in [-0.15, -0.1) is 0 Å². The molecule has 0 bridgehead atoms. The van der Waals surface area contributed by atoms with Gasteiger partial charge in [0.2, 0.25) is 5.91 Å². The molecule has 4 nitrogen and oxygen atoms in total. The van der Waals surface area contributed by atoms with E-state index in [0.29, 0.717) is 25.1 Å². The number of aromatic nitrogens is 1. The smallest absolute Gasteiger partial charge is 0.272 e. The molecular formula is C33H32F3N3O. The second kappa shape index (κ2) is 9.66. The van der Waals surface area contributed by atoms with Crippen molar-refractivity contribution in [2.75, 3.05) is 20.6 Å². The quantitative estimate of drug-likeness (QED) is 0.285. The Morgan fingerprint density at radius 2 is 1.73 bits per heavy atom. The van der Waals surface area contributed by atoms with Gasteiger partial charge in [-0.05, 0) is 74.3 Å². The van der Waals surface area contributed by atoms with E-state index in [2.05, 4.69) is 4.98 Å². The lowest BCUT2D eigenvalue weighted by atomic mass is 9.63. The minimum Gasteiger partial charge on any atom is -0.356 e. The number of nitrogens with one attached hydrogen (secondary N) is 1. The summed E-state index contributed by atoms with van der Waals surface area (Å²) in [6.07, 6.45) is 3.54. The van der Waals surface area contributed by atoms with Crippen LogP contribution in [0.1, 0.15) is 41.6 Å². The molecule has 1 aliphatic heterocycles. The van der Waals surface area contributed by atoms with Gasteiger partial charge in [-0.2, -0.15) is 0 Å². The van der Waals surface area contributed by atoms with E-state index in [1.165, 1.54) is 29.2 Å². The third-order valence-electron chi connectivity index (χ3n) is 8.95. The fourth-order valence-corrected chi connectivity index (χ4v) is 7.10. The minimum atomic E-state index is -3.30. The number of benzene rings is 3. The number of carbonyl (C=O) groups is 1. The standard InChI is InChI=1S/C33H32F3N3O/c1-38(2)32(24-11-8-12-25(34)21-24)19-18-31(22-33(32,35)36)30-27(26-13-6-7-14-28(26)37-30)17-20-39(31)29(40)16-15-23-9-4-3-5-10-23/h3-16,21,37H,17-20,22H2,1-2H3. The Morgan fingerprint density at radius 3 is 2.45 bits per heavy atom. The Labute approximate surface area is 232 Å². The molecule has 2 atom stereocenters. The van der Waals surface area contributed by atoms with Crippen molar-refractivity contribution in [1.29, 1.82) is 0 Å². The summed E-state index contributed by atoms with van der Waals surface area (Å²) in [6, 6.07) is 22.8. The van der Waals surface area contributed by atoms with Crippen LogP contribution in [0.4, 0.5) is 13.2 Å². The molecule has 0 saturated heterocycles. The van der Waals surface area contributed by atoms with Gasteiger partial charge in [0, 0.05) is 35.6 Å². The molecule has 1 spiro atoms. The molecule has 2 heterocycles. The summed E-state index contributed by atoms with van der Waals surface area (Å²) in [5.41, 5.74) is 0.684. The summed E-state index contributed by atoms with van der Waals surface area (Å²) in [6.45, 7) is 0.331. The summed E-state index contributed by atoms with van der Waals surface area (Å²) in [7, 11) is 3.25. The van der Waals surface area contributed by atoms with Gasteiger partial charge in [-0.25, -0.2) is 13.2 Å². The van der Waals surface area contributed by atoms with Crippen LogP contribution in [-0.4, -0.2) is 47.3 Å². The Balaban J connectivity index is 1.49. The van der Waals surface area contributed by atoms with E-state index in [0.717, 1.165) is 22.0 Å². The first-order valence-electron chi connectivity index (χ1n) is 13.6. The highest BCUT2D eigenvalue weighted by Gasteiger charge is 2.66. The second-order valence-corrected chi connectivity index (χ2v) is 11.2. The van der Waals surface area contributed by atoms with Crippen molar-refractivity contribution in [1.82, 2.24) is 14.8 Å². The molecular weight excluding hydrogens is 511 g/mol. The molecule has 1 saturated carbocycles. The molecule has 0 radical (unpaired) electrons. The van der Waals surface area contributed by atoms with E-state index < -0.39 is 29.2 Å². The number of aromatic amines is 1. The normalized spacial score (nSPS) is 24.2. The summed E-state index contributed by atoms with van der Waals surface area (Å²) < 4.78 is 48.2. The number of hydrogen-bond donors (Lipinski definition) is 1. The Bertz CT molecular complexity index is 1600. The van der Waals surface area contributed by atoms with E-state index in [1.807, 2.05) is 54.6 Å². The van der Waals surface area contributed by atoms with Crippen molar-refractivity contribution in [3.05, 3.63) is 113 Å². The maximum absolute atomic E-state index is 16.9. The summed E-state index contributed by atoms with van der Waals surface area (Å²) in [5, 5.41) is 1.00. The van der Waals surface area contributed by atoms with Gasteiger partial charge in [-0.1, -0.05) is 60.7 Å². The monoisotopic (exact) mass is 543 g/mol. The number of rotatable bonds is 4. The molecule has 1 fully saturated rings. The number of fused-ring (bicyclic) bond motifs is 4. The van der Waals surface area contributed by atoms with Crippen molar-refractivity contribution in [3.63, 3.8) is 0 Å². The second-order valence-electron chi connectivity index (χ2n) is 11.2. The third-order valence-corrected chi connectivity index (χ3v) is 8.95. The lowest BCUT2D eigenvalue weighted by Crippen LogP contribution is -2.66. The first-order chi connectivity index (χ1) is 19.2. The molecule has 1 amide bonds. The van der Waals surface area contributed by atoms with Crippen molar-refractivity contribution in [3.8, 4) is 0 Å². The minimum absolute atomic E-state index is 0.0391. The SMILES string of the molecule is CN(C)C1(c2cccc(F)c2)CCC2(CC1(F)F)c1[nH]c3ccccc3c1CCN2C(=O)C=Cc1ccccc1. The largest absolute Gasteiger partial charge is 0.356 e. The fourth-order valence-electron chi connectivity index (χ4n) is 7.10. The molecule has 4 aromatic rings. The van der Waals surface area contributed by atoms with Crippen molar-refractivity contribution >= 4 is 22.9 Å². The summed E-state index contributed by atoms with van der Waals surface area (Å²) in [4.78, 5) is 20.4. The average molecular weight is 544 g/mol. The third kappa shape index (κ3) is 3.98. The molecule has 206 valence electrons. The van der Waals surface area contributed by atoms with Crippen LogP contribution in [-0.2, 0) is 22.3 Å². The van der Waals surface area contributed by atoms with Crippen LogP contribution in [0.2, 0.25) is 0 Å². The average Bonchev–Trinajstić information content (AvgIpc) is 3.32. The molecule has 1 aliphatic carbocycles. The predicted molar refractivity (Wildman–Crippen MR) is 151 cm³/mol. The summed E-state index contributed by atoms with van der Waals surface area (Å²) in [5.74, 6) is -4.14. The van der Waals surface area contributed by atoms with E-state index in [-0.39, 0.29) is 17.9 Å². The first kappa shape index (κ1) is 26.4. The lowest BCUT2D eigenvalue weighted by molar-refractivity contribution is -0.203. The lowest BCUT2D eigenvalue weighted by Gasteiger charge is -2.58. The van der Waals surface area contributed by atoms with Crippen LogP contribution in [0.5, 0.6) is 0 Å². The Kier molecular flexibility index (Phi) is 6.37. The molecule has 1 aromatic heterocycles. The molecule has 2 unspecified atom stereocenters. The van der Waals surface area contributed by atoms with Crippen LogP contribution >= 0.6 is 0 Å². The maximum Gasteiger partial charge on any atom is 0.272 e. The molecule has 2 aliphatic rings. The van der Waals surface area contributed by atoms with Crippen LogP contribution in [0.25, 0.3) is 17.0 Å². The van der Waals surface area contributed by atoms with Crippen molar-refractivity contribution in [2.45, 2.75) is 42.7 Å². The van der Waals surface area contributed by atoms with E-state index in [9.17, 15) is 9.18 Å². The number of para-hydroxylation sites is 1. The summed E-state index contributed by atoms with van der Waals surface area (Å²) >= 11 is 0. The number of nitrogens with zero attached hydrogens (tertiary/aromatic N) is 2. The number of hydrogen-bond acceptors (Lipinski definition) is 2. The van der Waals surface area contributed by atoms with Gasteiger partial charge in [0.1, 0.15) is 11.4 Å². The molecule has 7 heteroatoms. The van der Waals surface area contributed by atoms with Gasteiger partial charge in [-0.3, -0.25) is 9.69 Å². The van der Waals surface area contributed by atoms with E-state index in [1.54, 1.807) is 31.1 Å². The highest BCUT2D eigenvalue weighted by molar-refractivity contribution is 5.93. The molecule has 6 rings (SSSR count). The predicted octanol–water partition coefficient (Wildman–Crippen LogP) is 6.88. The van der Waals surface area contributed by atoms with Gasteiger partial charge in [0.25, 0.3) is 5.92 Å². The van der Waals surface area contributed by atoms with Crippen LogP contribution < -0.4 is 0 Å². The van der Waals surface area contributed by atoms with Crippen LogP contribution in [0.3, 0.4) is 0 Å². The zero-order valence-corrected chi connectivity index (χ0v) is 22.6. The molecule has 1 N–H and O–H groups in total. The number of carbonyl (C=O) groups excluding carboxylic acids is 1. The highest BCUT2D eigenvalue weighted by atomic mass is 19.3. The Hall–Kier alpha value is -3.84. The molecule has 3 aromatic carbocycles. The number of amides is 1. The van der Waals surface area contributed by atoms with E-state index in [4.69, 9.17) is 0 Å². The highest BCUT2D eigenvalue weighted by Crippen LogP contribution is 2.59. The van der Waals surface area contributed by atoms with E-state index >= 15 is 8.78 Å². The topological polar surface area (TPSA) is 39.3 Å². The Morgan fingerprint density at radius 1 is 0.975 bits per heavy atom. The molecule has 40 heavy (non-hydrogen) atoms. The fraction of sp³-hybridized carbons (Fsp3) is 0.303. The van der Waals surface area contributed by atoms with Gasteiger partial charge >= 0.3 is 0 Å². The van der Waals surface area contributed by atoms with Crippen LogP contribution in [0, 0.1) is 5.82 Å². The number of alkyl halides is 2. The van der Waals surface area contributed by atoms with Crippen molar-refractivity contribution < 1.29 is 18.0 Å². The zero-order chi connectivity index (χ0) is 28.1. The number of halogens is 3. The number of H-pyrrole nitrogens is 1. The van der Waals surface area contributed by atoms with Crippen LogP contribution in [0.15, 0.2) is 84.9 Å². The first-order valence-corrected chi connectivity index (χ1v) is 13.6. The van der Waals surface area contributed by atoms with Crippen molar-refractivity contribution in [2.24, 2.45) is 0 Å². The zero-order valence-electron chi connectivity index (χ0n) is 22.6. The maximum atomic E-state index is 16.9.